The summed E-state index contributed by atoms with van der Waals surface area (Å²) in [6.45, 7) is -1.26. The van der Waals surface area contributed by atoms with Crippen LogP contribution in [0, 0.1) is 0 Å². The van der Waals surface area contributed by atoms with Crippen molar-refractivity contribution in [1.82, 2.24) is 10.6 Å². The van der Waals surface area contributed by atoms with Crippen LogP contribution in [0.5, 0.6) is 0 Å². The van der Waals surface area contributed by atoms with Crippen molar-refractivity contribution in [1.29, 1.82) is 0 Å². The summed E-state index contributed by atoms with van der Waals surface area (Å²) in [5, 5.41) is 13.5. The maximum absolute atomic E-state index is 11.7. The van der Waals surface area contributed by atoms with Gasteiger partial charge in [-0.1, -0.05) is 0 Å². The summed E-state index contributed by atoms with van der Waals surface area (Å²) >= 11 is 0. The van der Waals surface area contributed by atoms with E-state index in [4.69, 9.17) is 0 Å². The van der Waals surface area contributed by atoms with Crippen molar-refractivity contribution < 1.29 is 27.8 Å². The number of halogens is 3. The van der Waals surface area contributed by atoms with E-state index in [9.17, 15) is 23.1 Å². The van der Waals surface area contributed by atoms with Crippen LogP contribution in [0.2, 0.25) is 0 Å². The molecule has 0 aromatic heterocycles. The van der Waals surface area contributed by atoms with E-state index in [1.54, 1.807) is 0 Å². The Morgan fingerprint density at radius 3 is 2.65 bits per heavy atom. The standard InChI is InChI=1S/C9H17F3N2O3/c1-17-5-7(15)2-3-14-8(16)4-13-6-9(10,11)12/h7,13,15H,2-6H2,1H3,(H,14,16). The minimum Gasteiger partial charge on any atom is -0.391 e. The molecule has 0 bridgehead atoms. The average Bonchev–Trinajstić information content (AvgIpc) is 2.16. The van der Waals surface area contributed by atoms with Crippen LogP contribution in [-0.2, 0) is 9.53 Å². The fourth-order valence-electron chi connectivity index (χ4n) is 1.03. The van der Waals surface area contributed by atoms with E-state index in [0.29, 0.717) is 6.42 Å². The third-order valence-electron chi connectivity index (χ3n) is 1.77. The van der Waals surface area contributed by atoms with Gasteiger partial charge in [-0.25, -0.2) is 0 Å². The van der Waals surface area contributed by atoms with Crippen molar-refractivity contribution >= 4 is 5.91 Å². The second-order valence-corrected chi connectivity index (χ2v) is 3.47. The number of nitrogens with one attached hydrogen (secondary N) is 2. The molecule has 8 heteroatoms. The highest BCUT2D eigenvalue weighted by molar-refractivity contribution is 5.77. The largest absolute Gasteiger partial charge is 0.401 e. The Balaban J connectivity index is 3.47. The number of alkyl halides is 3. The summed E-state index contributed by atoms with van der Waals surface area (Å²) < 4.78 is 39.8. The van der Waals surface area contributed by atoms with Gasteiger partial charge in [-0.15, -0.1) is 0 Å². The maximum Gasteiger partial charge on any atom is 0.401 e. The number of ether oxygens (including phenoxy) is 1. The molecule has 0 fully saturated rings. The van der Waals surface area contributed by atoms with Crippen molar-refractivity contribution in [3.63, 3.8) is 0 Å². The zero-order valence-electron chi connectivity index (χ0n) is 9.51. The lowest BCUT2D eigenvalue weighted by Crippen LogP contribution is -2.39. The van der Waals surface area contributed by atoms with Gasteiger partial charge in [-0.2, -0.15) is 13.2 Å². The van der Waals surface area contributed by atoms with Crippen LogP contribution in [0.1, 0.15) is 6.42 Å². The van der Waals surface area contributed by atoms with Crippen molar-refractivity contribution in [2.45, 2.75) is 18.7 Å². The number of carbonyl (C=O) groups is 1. The van der Waals surface area contributed by atoms with Crippen LogP contribution in [0.3, 0.4) is 0 Å². The van der Waals surface area contributed by atoms with E-state index in [2.05, 4.69) is 10.1 Å². The Bertz CT molecular complexity index is 224. The molecular formula is C9H17F3N2O3. The first kappa shape index (κ1) is 16.1. The van der Waals surface area contributed by atoms with E-state index in [0.717, 1.165) is 0 Å². The molecule has 0 aliphatic heterocycles. The number of aliphatic hydroxyl groups excluding tert-OH is 1. The van der Waals surface area contributed by atoms with Crippen LogP contribution in [0.4, 0.5) is 13.2 Å². The molecule has 102 valence electrons. The minimum atomic E-state index is -4.32. The van der Waals surface area contributed by atoms with Gasteiger partial charge in [0.05, 0.1) is 25.8 Å². The summed E-state index contributed by atoms with van der Waals surface area (Å²) in [7, 11) is 1.43. The first-order valence-corrected chi connectivity index (χ1v) is 5.06. The van der Waals surface area contributed by atoms with Crippen molar-refractivity contribution in [2.24, 2.45) is 0 Å². The summed E-state index contributed by atoms with van der Waals surface area (Å²) in [5.41, 5.74) is 0. The van der Waals surface area contributed by atoms with E-state index in [1.165, 1.54) is 7.11 Å². The molecule has 0 rings (SSSR count). The highest BCUT2D eigenvalue weighted by Crippen LogP contribution is 2.11. The molecule has 0 radical (unpaired) electrons. The lowest BCUT2D eigenvalue weighted by atomic mass is 10.2. The van der Waals surface area contributed by atoms with E-state index in [-0.39, 0.29) is 13.2 Å². The van der Waals surface area contributed by atoms with Crippen LogP contribution in [0.15, 0.2) is 0 Å². The molecule has 0 spiro atoms. The lowest BCUT2D eigenvalue weighted by Gasteiger charge is -2.11. The Morgan fingerprint density at radius 2 is 2.12 bits per heavy atom. The number of rotatable bonds is 8. The Morgan fingerprint density at radius 1 is 1.47 bits per heavy atom. The fourth-order valence-corrected chi connectivity index (χ4v) is 1.03. The zero-order chi connectivity index (χ0) is 13.3. The molecule has 1 atom stereocenters. The number of amides is 1. The molecule has 0 saturated carbocycles. The van der Waals surface area contributed by atoms with Gasteiger partial charge in [0.1, 0.15) is 0 Å². The topological polar surface area (TPSA) is 70.6 Å². The van der Waals surface area contributed by atoms with Crippen LogP contribution >= 0.6 is 0 Å². The van der Waals surface area contributed by atoms with Gasteiger partial charge in [-0.05, 0) is 6.42 Å². The number of hydrogen-bond donors (Lipinski definition) is 3. The number of aliphatic hydroxyl groups is 1. The van der Waals surface area contributed by atoms with E-state index >= 15 is 0 Å². The monoisotopic (exact) mass is 258 g/mol. The molecule has 0 aromatic rings. The minimum absolute atomic E-state index is 0.155. The molecule has 0 aromatic carbocycles. The summed E-state index contributed by atoms with van der Waals surface area (Å²) in [6.07, 6.45) is -4.73. The first-order chi connectivity index (χ1) is 7.85. The first-order valence-electron chi connectivity index (χ1n) is 5.06. The van der Waals surface area contributed by atoms with Gasteiger partial charge in [-0.3, -0.25) is 4.79 Å². The number of methoxy groups -OCH3 is 1. The van der Waals surface area contributed by atoms with Gasteiger partial charge in [0.25, 0.3) is 0 Å². The molecule has 1 unspecified atom stereocenters. The van der Waals surface area contributed by atoms with E-state index < -0.39 is 31.3 Å². The number of carbonyl (C=O) groups excluding carboxylic acids is 1. The quantitative estimate of drug-likeness (QED) is 0.556. The van der Waals surface area contributed by atoms with Gasteiger partial charge in [0.2, 0.25) is 5.91 Å². The highest BCUT2D eigenvalue weighted by Gasteiger charge is 2.26. The summed E-state index contributed by atoms with van der Waals surface area (Å²) in [5.74, 6) is -0.543. The fraction of sp³-hybridized carbons (Fsp3) is 0.889. The van der Waals surface area contributed by atoms with Crippen LogP contribution in [0.25, 0.3) is 0 Å². The van der Waals surface area contributed by atoms with Gasteiger partial charge in [0, 0.05) is 13.7 Å². The number of hydrogen-bond acceptors (Lipinski definition) is 4. The normalized spacial score (nSPS) is 13.5. The molecule has 0 saturated heterocycles. The predicted molar refractivity (Wildman–Crippen MR) is 54.4 cm³/mol. The third kappa shape index (κ3) is 11.4. The van der Waals surface area contributed by atoms with Gasteiger partial charge < -0.3 is 20.5 Å². The van der Waals surface area contributed by atoms with Crippen molar-refractivity contribution in [3.05, 3.63) is 0 Å². The third-order valence-corrected chi connectivity index (χ3v) is 1.77. The lowest BCUT2D eigenvalue weighted by molar-refractivity contribution is -0.128. The summed E-state index contributed by atoms with van der Waals surface area (Å²) in [4.78, 5) is 11.0. The zero-order valence-corrected chi connectivity index (χ0v) is 9.51. The SMILES string of the molecule is COCC(O)CCNC(=O)CNCC(F)(F)F. The molecule has 5 nitrogen and oxygen atoms in total. The molecule has 3 N–H and O–H groups in total. The molecule has 17 heavy (non-hydrogen) atoms. The second kappa shape index (κ2) is 8.26. The van der Waals surface area contributed by atoms with E-state index in [1.807, 2.05) is 5.32 Å². The highest BCUT2D eigenvalue weighted by atomic mass is 19.4. The second-order valence-electron chi connectivity index (χ2n) is 3.47. The average molecular weight is 258 g/mol. The smallest absolute Gasteiger partial charge is 0.391 e. The van der Waals surface area contributed by atoms with Gasteiger partial charge >= 0.3 is 6.18 Å². The Hall–Kier alpha value is -0.860. The Labute approximate surface area is 97.3 Å². The van der Waals surface area contributed by atoms with Crippen LogP contribution in [-0.4, -0.2) is 56.6 Å². The molecule has 0 aliphatic rings. The molecule has 0 aliphatic carbocycles. The Kier molecular flexibility index (Phi) is 7.85. The van der Waals surface area contributed by atoms with Crippen molar-refractivity contribution in [2.75, 3.05) is 33.4 Å². The predicted octanol–water partition coefficient (Wildman–Crippen LogP) is -0.348. The maximum atomic E-state index is 11.7. The molecule has 1 amide bonds. The van der Waals surface area contributed by atoms with Crippen molar-refractivity contribution in [3.8, 4) is 0 Å². The summed E-state index contributed by atoms with van der Waals surface area (Å²) in [6, 6.07) is 0. The van der Waals surface area contributed by atoms with Crippen LogP contribution < -0.4 is 10.6 Å². The van der Waals surface area contributed by atoms with Gasteiger partial charge in [0.15, 0.2) is 0 Å². The molecular weight excluding hydrogens is 241 g/mol. The molecule has 0 heterocycles.